The minimum atomic E-state index is -4.22. The van der Waals surface area contributed by atoms with Crippen LogP contribution in [0.25, 0.3) is 0 Å². The minimum absolute atomic E-state index is 0.0200. The first kappa shape index (κ1) is 34.8. The van der Waals surface area contributed by atoms with Gasteiger partial charge in [-0.1, -0.05) is 84.2 Å². The molecule has 0 aromatic heterocycles. The largest absolute Gasteiger partial charge is 0.497 e. The summed E-state index contributed by atoms with van der Waals surface area (Å²) in [6, 6.07) is 26.2. The molecule has 4 rings (SSSR count). The van der Waals surface area contributed by atoms with E-state index in [1.165, 1.54) is 24.1 Å². The van der Waals surface area contributed by atoms with Crippen LogP contribution in [0.5, 0.6) is 5.75 Å². The Balaban J connectivity index is 1.81. The number of amides is 2. The molecular weight excluding hydrogens is 645 g/mol. The number of benzene rings is 4. The van der Waals surface area contributed by atoms with E-state index in [9.17, 15) is 18.0 Å². The number of hydrogen-bond acceptors (Lipinski definition) is 5. The molecule has 4 aromatic rings. The van der Waals surface area contributed by atoms with Crippen LogP contribution in [0.3, 0.4) is 0 Å². The number of hydrogen-bond donors (Lipinski definition) is 1. The highest BCUT2D eigenvalue weighted by Gasteiger charge is 2.34. The summed E-state index contributed by atoms with van der Waals surface area (Å²) in [6.45, 7) is 3.62. The number of carbonyl (C=O) groups excluding carboxylic acids is 2. The van der Waals surface area contributed by atoms with Crippen LogP contribution in [0.2, 0.25) is 10.0 Å². The average Bonchev–Trinajstić information content (AvgIpc) is 3.06. The molecule has 0 radical (unpaired) electrons. The molecule has 242 valence electrons. The Bertz CT molecular complexity index is 1730. The maximum absolute atomic E-state index is 14.5. The Morgan fingerprint density at radius 2 is 1.54 bits per heavy atom. The van der Waals surface area contributed by atoms with Gasteiger partial charge < -0.3 is 15.0 Å². The van der Waals surface area contributed by atoms with E-state index in [1.807, 2.05) is 44.2 Å². The van der Waals surface area contributed by atoms with Gasteiger partial charge in [-0.3, -0.25) is 13.9 Å². The van der Waals surface area contributed by atoms with Crippen molar-refractivity contribution in [3.8, 4) is 5.75 Å². The molecule has 4 aromatic carbocycles. The van der Waals surface area contributed by atoms with E-state index >= 15 is 0 Å². The van der Waals surface area contributed by atoms with Crippen molar-refractivity contribution in [2.45, 2.75) is 44.2 Å². The van der Waals surface area contributed by atoms with E-state index in [0.29, 0.717) is 34.3 Å². The smallest absolute Gasteiger partial charge is 0.264 e. The number of carbonyl (C=O) groups is 2. The highest BCUT2D eigenvalue weighted by atomic mass is 35.5. The second-order valence-corrected chi connectivity index (χ2v) is 13.5. The molecule has 8 nitrogen and oxygen atoms in total. The summed E-state index contributed by atoms with van der Waals surface area (Å²) in [4.78, 5) is 29.7. The number of rotatable bonds is 14. The second-order valence-electron chi connectivity index (χ2n) is 10.8. The Labute approximate surface area is 280 Å². The molecule has 46 heavy (non-hydrogen) atoms. The molecule has 0 aliphatic heterocycles. The third-order valence-corrected chi connectivity index (χ3v) is 9.93. The van der Waals surface area contributed by atoms with E-state index in [-0.39, 0.29) is 29.5 Å². The zero-order valence-electron chi connectivity index (χ0n) is 26.0. The predicted molar refractivity (Wildman–Crippen MR) is 183 cm³/mol. The summed E-state index contributed by atoms with van der Waals surface area (Å²) in [6.07, 6.45) is 0.904. The zero-order chi connectivity index (χ0) is 33.3. The third-order valence-electron chi connectivity index (χ3n) is 7.41. The lowest BCUT2D eigenvalue weighted by atomic mass is 10.0. The number of aryl methyl sites for hydroxylation is 1. The molecule has 0 aliphatic carbocycles. The molecule has 0 saturated carbocycles. The quantitative estimate of drug-likeness (QED) is 0.160. The maximum Gasteiger partial charge on any atom is 0.264 e. The number of methoxy groups -OCH3 is 1. The molecule has 0 aliphatic rings. The van der Waals surface area contributed by atoms with Gasteiger partial charge in [-0.15, -0.1) is 0 Å². The number of anilines is 1. The molecule has 0 heterocycles. The first-order valence-electron chi connectivity index (χ1n) is 14.8. The average molecular weight is 683 g/mol. The van der Waals surface area contributed by atoms with Gasteiger partial charge in [0.1, 0.15) is 18.3 Å². The fraction of sp³-hybridized carbons (Fsp3) is 0.257. The van der Waals surface area contributed by atoms with Gasteiger partial charge in [0, 0.05) is 19.5 Å². The fourth-order valence-electron chi connectivity index (χ4n) is 4.87. The molecule has 0 spiro atoms. The highest BCUT2D eigenvalue weighted by Crippen LogP contribution is 2.28. The Morgan fingerprint density at radius 1 is 0.870 bits per heavy atom. The minimum Gasteiger partial charge on any atom is -0.497 e. The van der Waals surface area contributed by atoms with Gasteiger partial charge in [-0.05, 0) is 73.0 Å². The standard InChI is InChI=1S/C35H37Cl2N3O5S/c1-4-20-38-35(42)33(22-26-8-6-5-7-9-26)39(23-27-12-19-31(36)32(37)21-27)34(41)24-40(28-13-15-29(45-3)16-14-28)46(43,44)30-17-10-25(2)11-18-30/h5-19,21,33H,4,20,22-24H2,1-3H3,(H,38,42)/t33-/m1/s1. The Morgan fingerprint density at radius 3 is 2.15 bits per heavy atom. The monoisotopic (exact) mass is 681 g/mol. The van der Waals surface area contributed by atoms with Crippen LogP contribution in [-0.2, 0) is 32.6 Å². The lowest BCUT2D eigenvalue weighted by Crippen LogP contribution is -2.53. The summed E-state index contributed by atoms with van der Waals surface area (Å²) in [5.74, 6) is -0.402. The van der Waals surface area contributed by atoms with E-state index < -0.39 is 28.5 Å². The van der Waals surface area contributed by atoms with Crippen molar-refractivity contribution in [1.82, 2.24) is 10.2 Å². The molecule has 11 heteroatoms. The highest BCUT2D eigenvalue weighted by molar-refractivity contribution is 7.92. The van der Waals surface area contributed by atoms with E-state index in [1.54, 1.807) is 54.6 Å². The van der Waals surface area contributed by atoms with Crippen LogP contribution in [0.4, 0.5) is 5.69 Å². The first-order valence-corrected chi connectivity index (χ1v) is 17.0. The second kappa shape index (κ2) is 16.0. The number of nitrogens with zero attached hydrogens (tertiary/aromatic N) is 2. The summed E-state index contributed by atoms with van der Waals surface area (Å²) in [7, 11) is -2.71. The molecule has 0 unspecified atom stereocenters. The number of sulfonamides is 1. The van der Waals surface area contributed by atoms with Crippen LogP contribution in [0.1, 0.15) is 30.0 Å². The molecule has 1 atom stereocenters. The SMILES string of the molecule is CCCNC(=O)[C@@H](Cc1ccccc1)N(Cc1ccc(Cl)c(Cl)c1)C(=O)CN(c1ccc(OC)cc1)S(=O)(=O)c1ccc(C)cc1. The van der Waals surface area contributed by atoms with Crippen LogP contribution < -0.4 is 14.4 Å². The summed E-state index contributed by atoms with van der Waals surface area (Å²) < 4.78 is 34.6. The summed E-state index contributed by atoms with van der Waals surface area (Å²) >= 11 is 12.5. The lowest BCUT2D eigenvalue weighted by Gasteiger charge is -2.34. The van der Waals surface area contributed by atoms with Gasteiger partial charge in [0.2, 0.25) is 11.8 Å². The van der Waals surface area contributed by atoms with Crippen LogP contribution in [0, 0.1) is 6.92 Å². The number of ether oxygens (including phenoxy) is 1. The summed E-state index contributed by atoms with van der Waals surface area (Å²) in [5.41, 5.74) is 2.62. The fourth-order valence-corrected chi connectivity index (χ4v) is 6.60. The van der Waals surface area contributed by atoms with Crippen molar-refractivity contribution in [2.75, 3.05) is 24.5 Å². The normalized spacial score (nSPS) is 11.8. The summed E-state index contributed by atoms with van der Waals surface area (Å²) in [5, 5.41) is 3.57. The molecule has 0 saturated heterocycles. The van der Waals surface area contributed by atoms with Gasteiger partial charge in [0.15, 0.2) is 0 Å². The Hall–Kier alpha value is -4.05. The van der Waals surface area contributed by atoms with Crippen molar-refractivity contribution in [3.05, 3.63) is 124 Å². The number of nitrogens with one attached hydrogen (secondary N) is 1. The van der Waals surface area contributed by atoms with E-state index in [0.717, 1.165) is 15.4 Å². The van der Waals surface area contributed by atoms with Crippen molar-refractivity contribution in [1.29, 1.82) is 0 Å². The van der Waals surface area contributed by atoms with Crippen molar-refractivity contribution in [2.24, 2.45) is 0 Å². The van der Waals surface area contributed by atoms with Crippen molar-refractivity contribution >= 4 is 50.7 Å². The van der Waals surface area contributed by atoms with Gasteiger partial charge in [0.05, 0.1) is 27.7 Å². The van der Waals surface area contributed by atoms with Gasteiger partial charge >= 0.3 is 0 Å². The van der Waals surface area contributed by atoms with Crippen molar-refractivity contribution in [3.63, 3.8) is 0 Å². The lowest BCUT2D eigenvalue weighted by molar-refractivity contribution is -0.140. The van der Waals surface area contributed by atoms with Crippen LogP contribution in [0.15, 0.2) is 102 Å². The molecule has 0 bridgehead atoms. The van der Waals surface area contributed by atoms with Gasteiger partial charge in [-0.2, -0.15) is 0 Å². The third kappa shape index (κ3) is 8.81. The molecule has 1 N–H and O–H groups in total. The topological polar surface area (TPSA) is 96.0 Å². The molecule has 0 fully saturated rings. The van der Waals surface area contributed by atoms with Crippen LogP contribution in [-0.4, -0.2) is 51.4 Å². The van der Waals surface area contributed by atoms with E-state index in [2.05, 4.69) is 5.32 Å². The first-order chi connectivity index (χ1) is 22.0. The number of halogens is 2. The van der Waals surface area contributed by atoms with Crippen LogP contribution >= 0.6 is 23.2 Å². The maximum atomic E-state index is 14.5. The van der Waals surface area contributed by atoms with Crippen molar-refractivity contribution < 1.29 is 22.7 Å². The van der Waals surface area contributed by atoms with Gasteiger partial charge in [-0.25, -0.2) is 8.42 Å². The molecular formula is C35H37Cl2N3O5S. The predicted octanol–water partition coefficient (Wildman–Crippen LogP) is 6.67. The zero-order valence-corrected chi connectivity index (χ0v) is 28.3. The van der Waals surface area contributed by atoms with E-state index in [4.69, 9.17) is 27.9 Å². The molecule has 2 amide bonds. The van der Waals surface area contributed by atoms with Gasteiger partial charge in [0.25, 0.3) is 10.0 Å². The Kier molecular flexibility index (Phi) is 12.1.